The molecule has 0 bridgehead atoms. The summed E-state index contributed by atoms with van der Waals surface area (Å²) >= 11 is 0. The van der Waals surface area contributed by atoms with Crippen LogP contribution in [0.15, 0.2) is 0 Å². The lowest BCUT2D eigenvalue weighted by Crippen LogP contribution is -2.08. The van der Waals surface area contributed by atoms with Crippen LogP contribution in [0, 0.1) is 11.3 Å². The molecule has 0 heterocycles. The van der Waals surface area contributed by atoms with Gasteiger partial charge in [0.2, 0.25) is 0 Å². The Morgan fingerprint density at radius 1 is 1.57 bits per heavy atom. The molecule has 0 unspecified atom stereocenters. The van der Waals surface area contributed by atoms with Gasteiger partial charge in [-0.3, -0.25) is 4.79 Å². The smallest absolute Gasteiger partial charge is 0.387 e. The van der Waals surface area contributed by atoms with E-state index in [4.69, 9.17) is 10.4 Å². The molecule has 0 atom stereocenters. The Hall–Kier alpha value is -1.37. The highest BCUT2D eigenvalue weighted by Crippen LogP contribution is 1.63. The number of hydrogen-bond donors (Lipinski definition) is 1. The lowest BCUT2D eigenvalue weighted by Gasteiger charge is -1.70. The number of hydrogen-bond acceptors (Lipinski definition) is 3. The maximum Gasteiger partial charge on any atom is 0.387 e. The summed E-state index contributed by atoms with van der Waals surface area (Å²) < 4.78 is 0. The molecule has 0 aromatic carbocycles. The van der Waals surface area contributed by atoms with Gasteiger partial charge in [-0.15, -0.1) is 0 Å². The Labute approximate surface area is 39.0 Å². The van der Waals surface area contributed by atoms with Crippen molar-refractivity contribution in [2.45, 2.75) is 0 Å². The molecule has 0 aliphatic rings. The average Bonchev–Trinajstić information content (AvgIpc) is 1.65. The van der Waals surface area contributed by atoms with Crippen molar-refractivity contribution in [2.24, 2.45) is 0 Å². The summed E-state index contributed by atoms with van der Waals surface area (Å²) in [5, 5.41) is 15.1. The van der Waals surface area contributed by atoms with E-state index in [1.54, 1.807) is 0 Å². The molecular formula is C3HNO3. The molecular weight excluding hydrogens is 98.0 g/mol. The van der Waals surface area contributed by atoms with E-state index in [0.29, 0.717) is 0 Å². The second kappa shape index (κ2) is 1.92. The first-order valence-electron chi connectivity index (χ1n) is 1.36. The van der Waals surface area contributed by atoms with E-state index in [9.17, 15) is 9.59 Å². The Bertz CT molecular complexity index is 143. The van der Waals surface area contributed by atoms with E-state index >= 15 is 0 Å². The monoisotopic (exact) mass is 99.0 g/mol. The van der Waals surface area contributed by atoms with Gasteiger partial charge in [0, 0.05) is 0 Å². The number of nitriles is 1. The minimum Gasteiger partial charge on any atom is -0.475 e. The van der Waals surface area contributed by atoms with Crippen molar-refractivity contribution in [3.63, 3.8) is 0 Å². The zero-order chi connectivity index (χ0) is 5.86. The van der Waals surface area contributed by atoms with E-state index in [0.717, 1.165) is 6.07 Å². The van der Waals surface area contributed by atoms with Crippen molar-refractivity contribution in [2.75, 3.05) is 0 Å². The molecule has 1 N–H and O–H groups in total. The van der Waals surface area contributed by atoms with Gasteiger partial charge in [0.05, 0.1) is 0 Å². The van der Waals surface area contributed by atoms with E-state index < -0.39 is 11.8 Å². The predicted octanol–water partition coefficient (Wildman–Crippen LogP) is -0.836. The molecule has 0 fully saturated rings. The van der Waals surface area contributed by atoms with Crippen molar-refractivity contribution < 1.29 is 14.7 Å². The molecule has 0 aliphatic carbocycles. The van der Waals surface area contributed by atoms with Crippen molar-refractivity contribution in [1.82, 2.24) is 0 Å². The second-order valence-electron chi connectivity index (χ2n) is 0.746. The fourth-order valence-electron chi connectivity index (χ4n) is 0.0478. The molecule has 0 saturated heterocycles. The first kappa shape index (κ1) is 5.63. The summed E-state index contributed by atoms with van der Waals surface area (Å²) in [6, 6.07) is 0.926. The van der Waals surface area contributed by atoms with E-state index in [-0.39, 0.29) is 0 Å². The Morgan fingerprint density at radius 3 is 2.00 bits per heavy atom. The molecule has 0 aliphatic heterocycles. The van der Waals surface area contributed by atoms with Crippen molar-refractivity contribution >= 4 is 11.8 Å². The predicted molar refractivity (Wildman–Crippen MR) is 18.3 cm³/mol. The van der Waals surface area contributed by atoms with Gasteiger partial charge < -0.3 is 5.11 Å². The molecule has 0 radical (unpaired) electrons. The summed E-state index contributed by atoms with van der Waals surface area (Å²) in [4.78, 5) is 18.9. The number of carbonyl (C=O) groups excluding carboxylic acids is 1. The maximum absolute atomic E-state index is 9.55. The number of carbonyl (C=O) groups is 2. The van der Waals surface area contributed by atoms with Crippen LogP contribution < -0.4 is 0 Å². The molecule has 0 rings (SSSR count). The molecule has 0 aromatic rings. The molecule has 4 heteroatoms. The molecule has 7 heavy (non-hydrogen) atoms. The molecule has 0 aromatic heterocycles. The fraction of sp³-hybridized carbons (Fsp3) is 0. The maximum atomic E-state index is 9.55. The standard InChI is InChI=1S/C3HNO3/c4-1-2(5)3(6)7/h(H,6,7). The summed E-state index contributed by atoms with van der Waals surface area (Å²) in [6.45, 7) is 0. The number of aliphatic carboxylic acids is 1. The normalized spacial score (nSPS) is 6.71. The van der Waals surface area contributed by atoms with Crippen LogP contribution in [0.3, 0.4) is 0 Å². The fourth-order valence-corrected chi connectivity index (χ4v) is 0.0478. The van der Waals surface area contributed by atoms with Gasteiger partial charge in [-0.05, 0) is 0 Å². The zero-order valence-electron chi connectivity index (χ0n) is 3.21. The van der Waals surface area contributed by atoms with Gasteiger partial charge in [-0.2, -0.15) is 5.26 Å². The SMILES string of the molecule is N#CC(=O)C(=O)O. The first-order valence-corrected chi connectivity index (χ1v) is 1.36. The summed E-state index contributed by atoms with van der Waals surface area (Å²) in [5.41, 5.74) is 0. The van der Waals surface area contributed by atoms with Crippen LogP contribution >= 0.6 is 0 Å². The van der Waals surface area contributed by atoms with Crippen LogP contribution in [0.5, 0.6) is 0 Å². The highest BCUT2D eigenvalue weighted by molar-refractivity contribution is 6.39. The number of nitrogens with zero attached hydrogens (tertiary/aromatic N) is 1. The second-order valence-corrected chi connectivity index (χ2v) is 0.746. The summed E-state index contributed by atoms with van der Waals surface area (Å²) in [5.74, 6) is -3.14. The average molecular weight is 99.0 g/mol. The van der Waals surface area contributed by atoms with Crippen molar-refractivity contribution in [1.29, 1.82) is 5.26 Å². The molecule has 0 saturated carbocycles. The highest BCUT2D eigenvalue weighted by atomic mass is 16.4. The number of ketones is 1. The summed E-state index contributed by atoms with van der Waals surface area (Å²) in [7, 11) is 0. The van der Waals surface area contributed by atoms with Crippen LogP contribution in [0.25, 0.3) is 0 Å². The van der Waals surface area contributed by atoms with Crippen LogP contribution in [0.2, 0.25) is 0 Å². The van der Waals surface area contributed by atoms with Gasteiger partial charge in [0.1, 0.15) is 0 Å². The van der Waals surface area contributed by atoms with E-state index in [1.807, 2.05) is 0 Å². The highest BCUT2D eigenvalue weighted by Gasteiger charge is 2.06. The Kier molecular flexibility index (Phi) is 1.55. The third-order valence-corrected chi connectivity index (χ3v) is 0.296. The number of carboxylic acids is 1. The van der Waals surface area contributed by atoms with E-state index in [2.05, 4.69) is 0 Å². The number of rotatable bonds is 1. The Balaban J connectivity index is 3.90. The largest absolute Gasteiger partial charge is 0.475 e. The van der Waals surface area contributed by atoms with Gasteiger partial charge >= 0.3 is 11.8 Å². The lowest BCUT2D eigenvalue weighted by atomic mass is 10.5. The van der Waals surface area contributed by atoms with Crippen LogP contribution in [-0.4, -0.2) is 16.9 Å². The van der Waals surface area contributed by atoms with Crippen molar-refractivity contribution in [3.8, 4) is 6.07 Å². The summed E-state index contributed by atoms with van der Waals surface area (Å²) in [6.07, 6.45) is 0. The van der Waals surface area contributed by atoms with Gasteiger partial charge in [0.25, 0.3) is 0 Å². The molecule has 4 nitrogen and oxygen atoms in total. The third-order valence-electron chi connectivity index (χ3n) is 0.296. The first-order chi connectivity index (χ1) is 3.18. The minimum atomic E-state index is -1.71. The number of carboxylic acid groups (broad SMARTS) is 1. The van der Waals surface area contributed by atoms with Crippen molar-refractivity contribution in [3.05, 3.63) is 0 Å². The molecule has 0 spiro atoms. The molecule has 0 amide bonds. The quantitative estimate of drug-likeness (QED) is 0.343. The van der Waals surface area contributed by atoms with Gasteiger partial charge in [-0.25, -0.2) is 4.79 Å². The zero-order valence-corrected chi connectivity index (χ0v) is 3.21. The van der Waals surface area contributed by atoms with Gasteiger partial charge in [-0.1, -0.05) is 0 Å². The van der Waals surface area contributed by atoms with E-state index in [1.165, 1.54) is 0 Å². The third kappa shape index (κ3) is 1.49. The number of Topliss-reactive ketones (excluding diaryl/α,β-unsaturated/α-hetero) is 1. The van der Waals surface area contributed by atoms with Gasteiger partial charge in [0.15, 0.2) is 6.07 Å². The van der Waals surface area contributed by atoms with Crippen LogP contribution in [0.1, 0.15) is 0 Å². The molecule has 36 valence electrons. The Morgan fingerprint density at radius 2 is 2.00 bits per heavy atom. The van der Waals surface area contributed by atoms with Crippen LogP contribution in [-0.2, 0) is 9.59 Å². The topological polar surface area (TPSA) is 78.2 Å². The van der Waals surface area contributed by atoms with Crippen LogP contribution in [0.4, 0.5) is 0 Å². The lowest BCUT2D eigenvalue weighted by molar-refractivity contribution is -0.146. The minimum absolute atomic E-state index is 0.926.